The van der Waals surface area contributed by atoms with Crippen LogP contribution in [0.5, 0.6) is 5.75 Å². The first-order valence-corrected chi connectivity index (χ1v) is 10.2. The van der Waals surface area contributed by atoms with Gasteiger partial charge in [-0.1, -0.05) is 29.8 Å². The molecule has 0 atom stereocenters. The molecule has 2 heterocycles. The van der Waals surface area contributed by atoms with E-state index in [1.54, 1.807) is 30.3 Å². The quantitative estimate of drug-likeness (QED) is 0.285. The van der Waals surface area contributed by atoms with Gasteiger partial charge in [-0.3, -0.25) is 14.5 Å². The van der Waals surface area contributed by atoms with Gasteiger partial charge in [0.2, 0.25) is 5.76 Å². The molecular weight excluding hydrogens is 445 g/mol. The van der Waals surface area contributed by atoms with Crippen LogP contribution >= 0.6 is 23.4 Å². The molecule has 0 radical (unpaired) electrons. The monoisotopic (exact) mass is 457 g/mol. The van der Waals surface area contributed by atoms with Crippen molar-refractivity contribution in [2.45, 2.75) is 6.54 Å². The molecule has 1 fully saturated rings. The van der Waals surface area contributed by atoms with Gasteiger partial charge in [-0.15, -0.1) is 0 Å². The standard InChI is InChI=1S/C22H13ClFNO5S/c23-16-6-2-7-17(24)15(16)12-25-20(26)19(31-22(25)28)11-13-4-1-5-14(10-13)30-21(27)18-8-3-9-29-18/h1-11H,12H2/b19-11-. The molecule has 0 bridgehead atoms. The Bertz CT molecular complexity index is 1190. The number of nitrogens with zero attached hydrogens (tertiary/aromatic N) is 1. The van der Waals surface area contributed by atoms with Crippen LogP contribution in [0.1, 0.15) is 21.7 Å². The minimum Gasteiger partial charge on any atom is -0.457 e. The zero-order valence-corrected chi connectivity index (χ0v) is 17.3. The van der Waals surface area contributed by atoms with Gasteiger partial charge in [-0.25, -0.2) is 9.18 Å². The fraction of sp³-hybridized carbons (Fsp3) is 0.0455. The van der Waals surface area contributed by atoms with Crippen LogP contribution in [0.25, 0.3) is 6.08 Å². The fourth-order valence-corrected chi connectivity index (χ4v) is 3.91. The third-order valence-electron chi connectivity index (χ3n) is 4.34. The molecule has 31 heavy (non-hydrogen) atoms. The lowest BCUT2D eigenvalue weighted by molar-refractivity contribution is -0.123. The van der Waals surface area contributed by atoms with Crippen molar-refractivity contribution in [2.75, 3.05) is 0 Å². The second kappa shape index (κ2) is 8.79. The van der Waals surface area contributed by atoms with Gasteiger partial charge in [-0.2, -0.15) is 0 Å². The molecule has 3 aromatic rings. The van der Waals surface area contributed by atoms with E-state index in [2.05, 4.69) is 0 Å². The lowest BCUT2D eigenvalue weighted by Crippen LogP contribution is -2.28. The Morgan fingerprint density at radius 1 is 1.16 bits per heavy atom. The summed E-state index contributed by atoms with van der Waals surface area (Å²) < 4.78 is 24.3. The lowest BCUT2D eigenvalue weighted by atomic mass is 10.2. The molecule has 2 amide bonds. The molecule has 0 saturated carbocycles. The molecule has 156 valence electrons. The maximum Gasteiger partial charge on any atom is 0.379 e. The zero-order valence-electron chi connectivity index (χ0n) is 15.7. The summed E-state index contributed by atoms with van der Waals surface area (Å²) in [6.07, 6.45) is 2.86. The van der Waals surface area contributed by atoms with E-state index in [0.29, 0.717) is 5.56 Å². The summed E-state index contributed by atoms with van der Waals surface area (Å²) in [5, 5.41) is -0.398. The normalized spacial score (nSPS) is 15.0. The van der Waals surface area contributed by atoms with E-state index in [0.717, 1.165) is 16.7 Å². The lowest BCUT2D eigenvalue weighted by Gasteiger charge is -2.14. The number of furan rings is 1. The van der Waals surface area contributed by atoms with Crippen LogP contribution in [0, 0.1) is 5.82 Å². The van der Waals surface area contributed by atoms with Crippen molar-refractivity contribution in [3.63, 3.8) is 0 Å². The van der Waals surface area contributed by atoms with Crippen molar-refractivity contribution >= 4 is 46.6 Å². The Morgan fingerprint density at radius 2 is 1.97 bits per heavy atom. The summed E-state index contributed by atoms with van der Waals surface area (Å²) in [6.45, 7) is -0.270. The number of carbonyl (C=O) groups is 3. The third-order valence-corrected chi connectivity index (χ3v) is 5.60. The SMILES string of the molecule is O=C(Oc1cccc(/C=C2\SC(=O)N(Cc3c(F)cccc3Cl)C2=O)c1)c1ccco1. The second-order valence-electron chi connectivity index (χ2n) is 6.41. The van der Waals surface area contributed by atoms with E-state index in [1.165, 1.54) is 36.6 Å². The van der Waals surface area contributed by atoms with E-state index in [9.17, 15) is 18.8 Å². The Balaban J connectivity index is 1.52. The number of hydrogen-bond donors (Lipinski definition) is 0. The van der Waals surface area contributed by atoms with Gasteiger partial charge < -0.3 is 9.15 Å². The van der Waals surface area contributed by atoms with Crippen LogP contribution in [0.4, 0.5) is 9.18 Å². The van der Waals surface area contributed by atoms with Gasteiger partial charge in [0.25, 0.3) is 11.1 Å². The molecule has 1 saturated heterocycles. The van der Waals surface area contributed by atoms with Crippen molar-refractivity contribution < 1.29 is 27.9 Å². The highest BCUT2D eigenvalue weighted by Crippen LogP contribution is 2.35. The number of benzene rings is 2. The molecule has 1 aromatic heterocycles. The summed E-state index contributed by atoms with van der Waals surface area (Å²) in [5.74, 6) is -1.52. The van der Waals surface area contributed by atoms with Crippen molar-refractivity contribution in [2.24, 2.45) is 0 Å². The summed E-state index contributed by atoms with van der Waals surface area (Å²) in [6, 6.07) is 13.6. The third kappa shape index (κ3) is 4.55. The zero-order chi connectivity index (χ0) is 22.0. The van der Waals surface area contributed by atoms with Crippen LogP contribution in [0.2, 0.25) is 5.02 Å². The number of imide groups is 1. The minimum absolute atomic E-state index is 0.0540. The highest BCUT2D eigenvalue weighted by Gasteiger charge is 2.35. The molecule has 0 N–H and O–H groups in total. The summed E-state index contributed by atoms with van der Waals surface area (Å²) in [5.41, 5.74) is 0.610. The Kier molecular flexibility index (Phi) is 5.92. The van der Waals surface area contributed by atoms with Crippen LogP contribution in [0.15, 0.2) is 70.2 Å². The van der Waals surface area contributed by atoms with Crippen molar-refractivity contribution in [3.05, 3.63) is 93.5 Å². The first-order valence-electron chi connectivity index (χ1n) is 8.96. The van der Waals surface area contributed by atoms with E-state index < -0.39 is 22.9 Å². The van der Waals surface area contributed by atoms with Gasteiger partial charge in [-0.05, 0) is 59.8 Å². The van der Waals surface area contributed by atoms with Crippen LogP contribution in [-0.4, -0.2) is 22.0 Å². The molecule has 6 nitrogen and oxygen atoms in total. The molecule has 4 rings (SSSR count). The average Bonchev–Trinajstić information content (AvgIpc) is 3.35. The molecular formula is C22H13ClFNO5S. The van der Waals surface area contributed by atoms with Crippen molar-refractivity contribution in [1.29, 1.82) is 0 Å². The number of hydrogen-bond acceptors (Lipinski definition) is 6. The number of carbonyl (C=O) groups excluding carboxylic acids is 3. The summed E-state index contributed by atoms with van der Waals surface area (Å²) >= 11 is 6.74. The number of esters is 1. The molecule has 1 aliphatic rings. The number of rotatable bonds is 5. The Morgan fingerprint density at radius 3 is 2.71 bits per heavy atom. The van der Waals surface area contributed by atoms with Gasteiger partial charge in [0.15, 0.2) is 0 Å². The Labute approximate surface area is 185 Å². The second-order valence-corrected chi connectivity index (χ2v) is 7.81. The fourth-order valence-electron chi connectivity index (χ4n) is 2.85. The maximum absolute atomic E-state index is 14.0. The van der Waals surface area contributed by atoms with Crippen LogP contribution in [0.3, 0.4) is 0 Å². The van der Waals surface area contributed by atoms with Gasteiger partial charge in [0, 0.05) is 10.6 Å². The molecule has 9 heteroatoms. The van der Waals surface area contributed by atoms with Gasteiger partial charge >= 0.3 is 5.97 Å². The summed E-state index contributed by atoms with van der Waals surface area (Å²) in [7, 11) is 0. The average molecular weight is 458 g/mol. The molecule has 0 aliphatic carbocycles. The predicted molar refractivity (Wildman–Crippen MR) is 113 cm³/mol. The number of thioether (sulfide) groups is 1. The Hall–Kier alpha value is -3.36. The smallest absolute Gasteiger partial charge is 0.379 e. The number of amides is 2. The van der Waals surface area contributed by atoms with E-state index in [1.807, 2.05) is 0 Å². The molecule has 0 unspecified atom stereocenters. The first-order chi connectivity index (χ1) is 14.9. The topological polar surface area (TPSA) is 76.8 Å². The molecule has 2 aromatic carbocycles. The number of halogens is 2. The van der Waals surface area contributed by atoms with Crippen LogP contribution in [-0.2, 0) is 11.3 Å². The highest BCUT2D eigenvalue weighted by atomic mass is 35.5. The van der Waals surface area contributed by atoms with Gasteiger partial charge in [0.05, 0.1) is 17.7 Å². The molecule has 1 aliphatic heterocycles. The minimum atomic E-state index is -0.663. The highest BCUT2D eigenvalue weighted by molar-refractivity contribution is 8.18. The first kappa shape index (κ1) is 20.9. The number of ether oxygens (including phenoxy) is 1. The largest absolute Gasteiger partial charge is 0.457 e. The van der Waals surface area contributed by atoms with E-state index in [-0.39, 0.29) is 33.5 Å². The van der Waals surface area contributed by atoms with Crippen LogP contribution < -0.4 is 4.74 Å². The maximum atomic E-state index is 14.0. The predicted octanol–water partition coefficient (Wildman–Crippen LogP) is 5.53. The van der Waals surface area contributed by atoms with E-state index in [4.69, 9.17) is 20.8 Å². The summed E-state index contributed by atoms with van der Waals surface area (Å²) in [4.78, 5) is 38.2. The van der Waals surface area contributed by atoms with Crippen molar-refractivity contribution in [3.8, 4) is 5.75 Å². The van der Waals surface area contributed by atoms with Crippen molar-refractivity contribution in [1.82, 2.24) is 4.90 Å². The van der Waals surface area contributed by atoms with Gasteiger partial charge in [0.1, 0.15) is 11.6 Å². The van der Waals surface area contributed by atoms with E-state index >= 15 is 0 Å². The molecule has 0 spiro atoms.